The summed E-state index contributed by atoms with van der Waals surface area (Å²) in [7, 11) is 0. The van der Waals surface area contributed by atoms with Gasteiger partial charge in [-0.15, -0.1) is 36.2 Å². The van der Waals surface area contributed by atoms with Crippen LogP contribution < -0.4 is 5.73 Å². The summed E-state index contributed by atoms with van der Waals surface area (Å²) in [4.78, 5) is 18.7. The number of nitrogens with two attached hydrogens (primary N) is 1. The number of aromatic nitrogens is 1. The molecule has 24 heavy (non-hydrogen) atoms. The molecule has 1 aromatic heterocycles. The van der Waals surface area contributed by atoms with Crippen molar-refractivity contribution in [1.82, 2.24) is 9.88 Å². The van der Waals surface area contributed by atoms with Crippen molar-refractivity contribution >= 4 is 42.1 Å². The number of nitrogens with zero attached hydrogens (tertiary/aromatic N) is 2. The number of carbonyl (C=O) groups excluding carboxylic acids is 1. The predicted octanol–water partition coefficient (Wildman–Crippen LogP) is 3.95. The fraction of sp³-hybridized carbons (Fsp3) is 0.412. The lowest BCUT2D eigenvalue weighted by Gasteiger charge is -2.13. The molecule has 4 nitrogen and oxygen atoms in total. The van der Waals surface area contributed by atoms with Crippen molar-refractivity contribution in [3.8, 4) is 10.6 Å². The van der Waals surface area contributed by atoms with Gasteiger partial charge in [0, 0.05) is 30.1 Å². The SMILES string of the molecule is CC(C)c1ccc(-c2nc(C(=O)N3CC[C@@H](N)C3)cs2)cc1.Cl.Cl. The molecule has 3 rings (SSSR count). The molecule has 1 aromatic carbocycles. The van der Waals surface area contributed by atoms with Crippen molar-refractivity contribution in [2.24, 2.45) is 5.73 Å². The molecule has 0 bridgehead atoms. The average Bonchev–Trinajstić information content (AvgIpc) is 3.15. The molecule has 0 aliphatic carbocycles. The Balaban J connectivity index is 0.00000144. The molecule has 0 unspecified atom stereocenters. The second kappa shape index (κ2) is 8.81. The lowest BCUT2D eigenvalue weighted by molar-refractivity contribution is 0.0786. The fourth-order valence-electron chi connectivity index (χ4n) is 2.65. The average molecular weight is 388 g/mol. The smallest absolute Gasteiger partial charge is 0.273 e. The summed E-state index contributed by atoms with van der Waals surface area (Å²) in [5.74, 6) is 0.510. The van der Waals surface area contributed by atoms with Crippen LogP contribution in [0.15, 0.2) is 29.6 Å². The minimum Gasteiger partial charge on any atom is -0.336 e. The first-order valence-electron chi connectivity index (χ1n) is 7.65. The van der Waals surface area contributed by atoms with Crippen LogP contribution in [0.1, 0.15) is 42.2 Å². The Morgan fingerprint density at radius 1 is 1.29 bits per heavy atom. The van der Waals surface area contributed by atoms with Crippen molar-refractivity contribution in [3.05, 3.63) is 40.9 Å². The highest BCUT2D eigenvalue weighted by atomic mass is 35.5. The molecule has 0 saturated carbocycles. The highest BCUT2D eigenvalue weighted by Crippen LogP contribution is 2.26. The van der Waals surface area contributed by atoms with Gasteiger partial charge in [-0.3, -0.25) is 4.79 Å². The van der Waals surface area contributed by atoms with Gasteiger partial charge < -0.3 is 10.6 Å². The molecule has 2 heterocycles. The molecule has 0 radical (unpaired) electrons. The molecule has 2 N–H and O–H groups in total. The van der Waals surface area contributed by atoms with Gasteiger partial charge in [-0.2, -0.15) is 0 Å². The minimum atomic E-state index is -0.00532. The van der Waals surface area contributed by atoms with Crippen LogP contribution in [0.4, 0.5) is 0 Å². The lowest BCUT2D eigenvalue weighted by Crippen LogP contribution is -2.32. The van der Waals surface area contributed by atoms with Gasteiger partial charge in [0.05, 0.1) is 0 Å². The number of benzene rings is 1. The largest absolute Gasteiger partial charge is 0.336 e. The number of amides is 1. The van der Waals surface area contributed by atoms with E-state index in [-0.39, 0.29) is 36.8 Å². The summed E-state index contributed by atoms with van der Waals surface area (Å²) < 4.78 is 0. The monoisotopic (exact) mass is 387 g/mol. The highest BCUT2D eigenvalue weighted by Gasteiger charge is 2.26. The van der Waals surface area contributed by atoms with Gasteiger partial charge in [0.15, 0.2) is 0 Å². The molecule has 1 fully saturated rings. The molecule has 1 saturated heterocycles. The van der Waals surface area contributed by atoms with E-state index in [4.69, 9.17) is 5.73 Å². The van der Waals surface area contributed by atoms with E-state index >= 15 is 0 Å². The molecule has 1 aliphatic heterocycles. The zero-order chi connectivity index (χ0) is 15.7. The van der Waals surface area contributed by atoms with Gasteiger partial charge in [0.1, 0.15) is 10.7 Å². The molecule has 2 aromatic rings. The van der Waals surface area contributed by atoms with Crippen LogP contribution in [0.5, 0.6) is 0 Å². The standard InChI is InChI=1S/C17H21N3OS.2ClH/c1-11(2)12-3-5-13(6-4-12)16-19-15(10-22-16)17(21)20-8-7-14(18)9-20;;/h3-6,10-11,14H,7-9,18H2,1-2H3;2*1H/t14-;;/m1../s1. The number of halogens is 2. The lowest BCUT2D eigenvalue weighted by atomic mass is 10.0. The van der Waals surface area contributed by atoms with E-state index in [1.165, 1.54) is 16.9 Å². The topological polar surface area (TPSA) is 59.2 Å². The van der Waals surface area contributed by atoms with E-state index in [0.29, 0.717) is 18.2 Å². The summed E-state index contributed by atoms with van der Waals surface area (Å²) in [6.07, 6.45) is 0.874. The van der Waals surface area contributed by atoms with Crippen molar-refractivity contribution in [3.63, 3.8) is 0 Å². The van der Waals surface area contributed by atoms with Gasteiger partial charge in [0.2, 0.25) is 0 Å². The summed E-state index contributed by atoms with van der Waals surface area (Å²) in [5.41, 5.74) is 8.76. The van der Waals surface area contributed by atoms with E-state index in [1.54, 1.807) is 4.90 Å². The zero-order valence-corrected chi connectivity index (χ0v) is 16.2. The summed E-state index contributed by atoms with van der Waals surface area (Å²) in [6.45, 7) is 5.72. The summed E-state index contributed by atoms with van der Waals surface area (Å²) in [5, 5.41) is 2.74. The number of hydrogen-bond acceptors (Lipinski definition) is 4. The third kappa shape index (κ3) is 4.48. The Labute approximate surface area is 159 Å². The van der Waals surface area contributed by atoms with Gasteiger partial charge in [-0.25, -0.2) is 4.98 Å². The number of carbonyl (C=O) groups is 1. The molecule has 132 valence electrons. The van der Waals surface area contributed by atoms with E-state index in [1.807, 2.05) is 5.38 Å². The first-order chi connectivity index (χ1) is 10.5. The predicted molar refractivity (Wildman–Crippen MR) is 105 cm³/mol. The van der Waals surface area contributed by atoms with Crippen LogP contribution in [0, 0.1) is 0 Å². The number of likely N-dealkylation sites (tertiary alicyclic amines) is 1. The second-order valence-electron chi connectivity index (χ2n) is 6.11. The van der Waals surface area contributed by atoms with Gasteiger partial charge in [0.25, 0.3) is 5.91 Å². The molecule has 1 aliphatic rings. The van der Waals surface area contributed by atoms with Crippen LogP contribution in [0.25, 0.3) is 10.6 Å². The van der Waals surface area contributed by atoms with Crippen LogP contribution in [-0.4, -0.2) is 34.9 Å². The van der Waals surface area contributed by atoms with Crippen molar-refractivity contribution in [1.29, 1.82) is 0 Å². The van der Waals surface area contributed by atoms with E-state index in [9.17, 15) is 4.79 Å². The fourth-order valence-corrected chi connectivity index (χ4v) is 3.45. The Bertz CT molecular complexity index is 673. The maximum Gasteiger partial charge on any atom is 0.273 e. The first-order valence-corrected chi connectivity index (χ1v) is 8.53. The number of rotatable bonds is 3. The van der Waals surface area contributed by atoms with Crippen LogP contribution in [0.2, 0.25) is 0 Å². The Morgan fingerprint density at radius 3 is 2.50 bits per heavy atom. The normalized spacial score (nSPS) is 16.7. The molecule has 1 amide bonds. The van der Waals surface area contributed by atoms with Gasteiger partial charge in [-0.1, -0.05) is 38.1 Å². The Hall–Kier alpha value is -1.14. The van der Waals surface area contributed by atoms with Crippen LogP contribution in [-0.2, 0) is 0 Å². The maximum absolute atomic E-state index is 12.4. The van der Waals surface area contributed by atoms with E-state index in [0.717, 1.165) is 23.5 Å². The second-order valence-corrected chi connectivity index (χ2v) is 6.97. The number of thiazole rings is 1. The van der Waals surface area contributed by atoms with Gasteiger partial charge in [-0.05, 0) is 17.9 Å². The third-order valence-electron chi connectivity index (χ3n) is 4.06. The van der Waals surface area contributed by atoms with Crippen molar-refractivity contribution in [2.75, 3.05) is 13.1 Å². The Kier molecular flexibility index (Phi) is 7.67. The maximum atomic E-state index is 12.4. The zero-order valence-electron chi connectivity index (χ0n) is 13.8. The summed E-state index contributed by atoms with van der Waals surface area (Å²) >= 11 is 1.51. The Morgan fingerprint density at radius 2 is 1.96 bits per heavy atom. The van der Waals surface area contributed by atoms with Gasteiger partial charge >= 0.3 is 0 Å². The van der Waals surface area contributed by atoms with Crippen molar-refractivity contribution in [2.45, 2.75) is 32.2 Å². The van der Waals surface area contributed by atoms with E-state index < -0.39 is 0 Å². The quantitative estimate of drug-likeness (QED) is 0.866. The molecule has 7 heteroatoms. The minimum absolute atomic E-state index is 0. The highest BCUT2D eigenvalue weighted by molar-refractivity contribution is 7.13. The van der Waals surface area contributed by atoms with E-state index in [2.05, 4.69) is 43.1 Å². The third-order valence-corrected chi connectivity index (χ3v) is 4.95. The molecule has 0 spiro atoms. The molecule has 1 atom stereocenters. The van der Waals surface area contributed by atoms with Crippen LogP contribution in [0.3, 0.4) is 0 Å². The first kappa shape index (κ1) is 20.9. The van der Waals surface area contributed by atoms with Crippen LogP contribution >= 0.6 is 36.2 Å². The number of hydrogen-bond donors (Lipinski definition) is 1. The van der Waals surface area contributed by atoms with Crippen molar-refractivity contribution < 1.29 is 4.79 Å². The molecular weight excluding hydrogens is 365 g/mol. The molecular formula is C17H23Cl2N3OS. The summed E-state index contributed by atoms with van der Waals surface area (Å²) in [6, 6.07) is 8.51.